The summed E-state index contributed by atoms with van der Waals surface area (Å²) in [5, 5.41) is 12.9. The molecule has 13 nitrogen and oxygen atoms in total. The third-order valence-corrected chi connectivity index (χ3v) is 13.8. The summed E-state index contributed by atoms with van der Waals surface area (Å²) in [6.07, 6.45) is -0.103. The van der Waals surface area contributed by atoms with Crippen LogP contribution in [0.5, 0.6) is 11.5 Å². The Kier molecular flexibility index (Phi) is 13.5. The van der Waals surface area contributed by atoms with Crippen LogP contribution in [0, 0.1) is 11.3 Å². The van der Waals surface area contributed by atoms with E-state index in [0.29, 0.717) is 27.7 Å². The Labute approximate surface area is 373 Å². The van der Waals surface area contributed by atoms with Gasteiger partial charge in [0.05, 0.1) is 51.4 Å². The van der Waals surface area contributed by atoms with Crippen molar-refractivity contribution in [1.29, 1.82) is 5.26 Å². The van der Waals surface area contributed by atoms with Gasteiger partial charge in [0.15, 0.2) is 0 Å². The van der Waals surface area contributed by atoms with Crippen LogP contribution < -0.4 is 20.7 Å². The SMILES string of the molecule is COc1ccc(C(OC[C@H]2O[C@@H](n3cc4c(nc3=O)[nH]c(=O)c3c5ccccc5ccc43)C[C@@H]2OP(OCCC#N)N(C(C)C)C(C)C)(c2ccccc2)c2ccc(OC)cc2)cc1. The lowest BCUT2D eigenvalue weighted by Crippen LogP contribution is -2.39. The number of fused-ring (bicyclic) bond motifs is 5. The summed E-state index contributed by atoms with van der Waals surface area (Å²) in [6, 6.07) is 39.4. The summed E-state index contributed by atoms with van der Waals surface area (Å²) >= 11 is 0. The predicted molar refractivity (Wildman–Crippen MR) is 249 cm³/mol. The molecule has 1 unspecified atom stereocenters. The second-order valence-electron chi connectivity index (χ2n) is 16.2. The summed E-state index contributed by atoms with van der Waals surface area (Å²) in [7, 11) is 1.54. The fourth-order valence-corrected chi connectivity index (χ4v) is 10.5. The molecule has 3 heterocycles. The first-order valence-electron chi connectivity index (χ1n) is 21.4. The van der Waals surface area contributed by atoms with Gasteiger partial charge in [0.1, 0.15) is 35.1 Å². The lowest BCUT2D eigenvalue weighted by Gasteiger charge is -2.39. The highest BCUT2D eigenvalue weighted by atomic mass is 31.2. The topological polar surface area (TPSA) is 150 Å². The van der Waals surface area contributed by atoms with E-state index in [9.17, 15) is 14.9 Å². The average Bonchev–Trinajstić information content (AvgIpc) is 3.71. The van der Waals surface area contributed by atoms with Crippen molar-refractivity contribution >= 4 is 41.1 Å². The number of aromatic nitrogens is 3. The third-order valence-electron chi connectivity index (χ3n) is 11.6. The molecular weight excluding hydrogens is 830 g/mol. The smallest absolute Gasteiger partial charge is 0.351 e. The predicted octanol–water partition coefficient (Wildman–Crippen LogP) is 9.37. The number of benzene rings is 5. The molecule has 1 fully saturated rings. The molecule has 1 saturated heterocycles. The van der Waals surface area contributed by atoms with Gasteiger partial charge < -0.3 is 33.0 Å². The average molecular weight is 882 g/mol. The van der Waals surface area contributed by atoms with Crippen molar-refractivity contribution in [3.05, 3.63) is 159 Å². The first-order valence-corrected chi connectivity index (χ1v) is 22.5. The Hall–Kier alpha value is -5.97. The summed E-state index contributed by atoms with van der Waals surface area (Å²) in [5.41, 5.74) is 0.644. The fraction of sp³-hybridized carbons (Fsp3) is 0.320. The summed E-state index contributed by atoms with van der Waals surface area (Å²) in [6.45, 7) is 8.51. The quantitative estimate of drug-likeness (QED) is 0.0404. The van der Waals surface area contributed by atoms with Gasteiger partial charge in [-0.2, -0.15) is 10.2 Å². The van der Waals surface area contributed by atoms with E-state index in [1.807, 2.05) is 115 Å². The zero-order valence-corrected chi connectivity index (χ0v) is 37.7. The monoisotopic (exact) mass is 881 g/mol. The molecule has 8 rings (SSSR count). The lowest BCUT2D eigenvalue weighted by molar-refractivity contribution is -0.0924. The van der Waals surface area contributed by atoms with Crippen molar-refractivity contribution in [3.63, 3.8) is 0 Å². The molecule has 5 aromatic carbocycles. The second-order valence-corrected chi connectivity index (χ2v) is 17.6. The summed E-state index contributed by atoms with van der Waals surface area (Å²) in [4.78, 5) is 34.8. The van der Waals surface area contributed by atoms with Crippen molar-refractivity contribution in [2.75, 3.05) is 27.4 Å². The standard InChI is InChI=1S/C50H52N5O8P/c1-32(2)55(33(3)4)64(61-28-12-27-51)63-43-29-45(54-30-42-41-26-17-34-13-10-11-16-40(34)46(41)48(56)52-47(42)53-49(54)57)62-44(43)31-60-50(35-14-8-7-9-15-35,36-18-22-38(58-5)23-19-36)37-20-24-39(59-6)25-21-37/h7-11,13-26,30,32-33,43-45H,12,28-29,31H2,1-6H3,(H,52,53,56,57)/t43-,44+,45+,64?/m0/s1. The molecule has 0 spiro atoms. The number of methoxy groups -OCH3 is 2. The maximum absolute atomic E-state index is 14.1. The van der Waals surface area contributed by atoms with Gasteiger partial charge in [-0.15, -0.1) is 0 Å². The van der Waals surface area contributed by atoms with E-state index in [4.69, 9.17) is 28.0 Å². The normalized spacial score (nSPS) is 17.2. The highest BCUT2D eigenvalue weighted by Gasteiger charge is 2.45. The van der Waals surface area contributed by atoms with Gasteiger partial charge in [0, 0.05) is 35.5 Å². The van der Waals surface area contributed by atoms with Crippen LogP contribution in [-0.4, -0.2) is 70.9 Å². The minimum absolute atomic E-state index is 0.0108. The number of H-pyrrole nitrogens is 1. The van der Waals surface area contributed by atoms with Crippen molar-refractivity contribution < 1.29 is 28.0 Å². The number of hydrogen-bond acceptors (Lipinski definition) is 11. The molecule has 0 radical (unpaired) electrons. The molecular formula is C50H52N5O8P. The maximum atomic E-state index is 14.1. The van der Waals surface area contributed by atoms with Crippen LogP contribution in [0.4, 0.5) is 0 Å². The lowest BCUT2D eigenvalue weighted by atomic mass is 9.80. The number of pyridine rings is 1. The van der Waals surface area contributed by atoms with Gasteiger partial charge in [0.25, 0.3) is 14.1 Å². The molecule has 1 aliphatic rings. The molecule has 0 amide bonds. The molecule has 64 heavy (non-hydrogen) atoms. The number of rotatable bonds is 17. The van der Waals surface area contributed by atoms with Crippen molar-refractivity contribution in [3.8, 4) is 17.6 Å². The van der Waals surface area contributed by atoms with Crippen LogP contribution in [0.25, 0.3) is 32.6 Å². The number of ether oxygens (including phenoxy) is 4. The van der Waals surface area contributed by atoms with E-state index in [-0.39, 0.29) is 49.3 Å². The molecule has 7 aromatic rings. The molecule has 1 N–H and O–H groups in total. The van der Waals surface area contributed by atoms with E-state index in [0.717, 1.165) is 27.5 Å². The number of hydrogen-bond donors (Lipinski definition) is 1. The number of nitriles is 1. The summed E-state index contributed by atoms with van der Waals surface area (Å²) in [5.74, 6) is 1.39. The molecule has 14 heteroatoms. The Morgan fingerprint density at radius 2 is 1.45 bits per heavy atom. The zero-order valence-electron chi connectivity index (χ0n) is 36.8. The number of aromatic amines is 1. The van der Waals surface area contributed by atoms with E-state index >= 15 is 0 Å². The summed E-state index contributed by atoms with van der Waals surface area (Å²) < 4.78 is 42.5. The van der Waals surface area contributed by atoms with Gasteiger partial charge in [-0.3, -0.25) is 9.36 Å². The van der Waals surface area contributed by atoms with E-state index in [1.54, 1.807) is 20.4 Å². The van der Waals surface area contributed by atoms with Crippen molar-refractivity contribution in [2.24, 2.45) is 0 Å². The van der Waals surface area contributed by atoms with Crippen LogP contribution in [0.3, 0.4) is 0 Å². The largest absolute Gasteiger partial charge is 0.497 e. The molecule has 0 aliphatic carbocycles. The second kappa shape index (κ2) is 19.4. The minimum atomic E-state index is -1.73. The van der Waals surface area contributed by atoms with Crippen LogP contribution in [0.15, 0.2) is 131 Å². The van der Waals surface area contributed by atoms with E-state index in [1.165, 1.54) is 4.57 Å². The van der Waals surface area contributed by atoms with Crippen LogP contribution in [0.2, 0.25) is 0 Å². The molecule has 2 aromatic heterocycles. The molecule has 4 atom stereocenters. The molecule has 330 valence electrons. The van der Waals surface area contributed by atoms with Crippen LogP contribution >= 0.6 is 8.53 Å². The van der Waals surface area contributed by atoms with Crippen LogP contribution in [0.1, 0.15) is 63.5 Å². The number of nitrogens with zero attached hydrogens (tertiary/aromatic N) is 4. The number of nitrogens with one attached hydrogen (secondary N) is 1. The van der Waals surface area contributed by atoms with Crippen molar-refractivity contribution in [2.45, 2.75) is 76.7 Å². The van der Waals surface area contributed by atoms with Crippen molar-refractivity contribution in [1.82, 2.24) is 19.2 Å². The van der Waals surface area contributed by atoms with Gasteiger partial charge in [-0.1, -0.05) is 91.0 Å². The van der Waals surface area contributed by atoms with Gasteiger partial charge in [0.2, 0.25) is 0 Å². The minimum Gasteiger partial charge on any atom is -0.497 e. The maximum Gasteiger partial charge on any atom is 0.351 e. The van der Waals surface area contributed by atoms with E-state index in [2.05, 4.69) is 48.4 Å². The zero-order chi connectivity index (χ0) is 45.0. The van der Waals surface area contributed by atoms with Gasteiger partial charge in [-0.25, -0.2) is 9.46 Å². The van der Waals surface area contributed by atoms with Gasteiger partial charge >= 0.3 is 5.69 Å². The van der Waals surface area contributed by atoms with Crippen LogP contribution in [-0.2, 0) is 24.1 Å². The highest BCUT2D eigenvalue weighted by Crippen LogP contribution is 2.51. The van der Waals surface area contributed by atoms with Gasteiger partial charge in [-0.05, 0) is 79.4 Å². The Bertz CT molecular complexity index is 2830. The highest BCUT2D eigenvalue weighted by molar-refractivity contribution is 7.44. The van der Waals surface area contributed by atoms with E-state index < -0.39 is 38.3 Å². The third kappa shape index (κ3) is 8.78. The molecule has 1 aliphatic heterocycles. The first kappa shape index (κ1) is 44.6. The first-order chi connectivity index (χ1) is 31.1. The molecule has 0 saturated carbocycles. The fourth-order valence-electron chi connectivity index (χ4n) is 8.70. The Morgan fingerprint density at radius 1 is 0.828 bits per heavy atom. The Morgan fingerprint density at radius 3 is 2.08 bits per heavy atom. The Balaban J connectivity index is 1.24. The molecule has 0 bridgehead atoms.